The molecule has 0 saturated carbocycles. The highest BCUT2D eigenvalue weighted by Gasteiger charge is 2.13. The second-order valence-electron chi connectivity index (χ2n) is 3.47. The summed E-state index contributed by atoms with van der Waals surface area (Å²) in [5, 5.41) is 5.25. The molecule has 3 aromatic rings. The zero-order valence-electron chi connectivity index (χ0n) is 8.20. The van der Waals surface area contributed by atoms with Crippen molar-refractivity contribution < 1.29 is 4.52 Å². The standard InChI is InChI=1S/C11H8ClN3O/c12-10-6(8-5-15-16-11(8)13)1-2-9-7(10)3-4-14-9/h1-5,14H,13H2. The molecule has 5 heteroatoms. The molecule has 0 fully saturated rings. The predicted octanol–water partition coefficient (Wildman–Crippen LogP) is 3.06. The Morgan fingerprint density at radius 1 is 1.25 bits per heavy atom. The molecule has 0 unspecified atom stereocenters. The normalized spacial score (nSPS) is 11.1. The van der Waals surface area contributed by atoms with Gasteiger partial charge in [-0.25, -0.2) is 0 Å². The summed E-state index contributed by atoms with van der Waals surface area (Å²) in [7, 11) is 0. The first-order valence-corrected chi connectivity index (χ1v) is 5.11. The number of fused-ring (bicyclic) bond motifs is 1. The van der Waals surface area contributed by atoms with E-state index in [1.807, 2.05) is 24.4 Å². The Morgan fingerprint density at radius 3 is 2.88 bits per heavy atom. The lowest BCUT2D eigenvalue weighted by Gasteiger charge is -2.02. The minimum absolute atomic E-state index is 0.275. The van der Waals surface area contributed by atoms with Crippen molar-refractivity contribution in [3.8, 4) is 11.1 Å². The van der Waals surface area contributed by atoms with Gasteiger partial charge in [-0.2, -0.15) is 0 Å². The number of benzene rings is 1. The number of aromatic amines is 1. The second kappa shape index (κ2) is 3.28. The lowest BCUT2D eigenvalue weighted by molar-refractivity contribution is 0.436. The van der Waals surface area contributed by atoms with Crippen LogP contribution in [0.5, 0.6) is 0 Å². The van der Waals surface area contributed by atoms with E-state index in [0.29, 0.717) is 10.6 Å². The highest BCUT2D eigenvalue weighted by Crippen LogP contribution is 2.36. The Hall–Kier alpha value is -1.94. The van der Waals surface area contributed by atoms with Crippen molar-refractivity contribution in [2.24, 2.45) is 0 Å². The number of H-pyrrole nitrogens is 1. The number of nitrogens with zero attached hydrogens (tertiary/aromatic N) is 1. The Morgan fingerprint density at radius 2 is 2.12 bits per heavy atom. The number of nitrogens with one attached hydrogen (secondary N) is 1. The second-order valence-corrected chi connectivity index (χ2v) is 3.85. The van der Waals surface area contributed by atoms with Crippen LogP contribution in [-0.2, 0) is 0 Å². The molecular weight excluding hydrogens is 226 g/mol. The first-order chi connectivity index (χ1) is 7.77. The SMILES string of the molecule is Nc1oncc1-c1ccc2[nH]ccc2c1Cl. The first kappa shape index (κ1) is 9.30. The average molecular weight is 234 g/mol. The number of hydrogen-bond acceptors (Lipinski definition) is 3. The van der Waals surface area contributed by atoms with Crippen LogP contribution in [0, 0.1) is 0 Å². The van der Waals surface area contributed by atoms with Gasteiger partial charge in [0.1, 0.15) is 0 Å². The van der Waals surface area contributed by atoms with E-state index < -0.39 is 0 Å². The summed E-state index contributed by atoms with van der Waals surface area (Å²) >= 11 is 6.30. The van der Waals surface area contributed by atoms with E-state index in [-0.39, 0.29) is 5.88 Å². The van der Waals surface area contributed by atoms with Gasteiger partial charge < -0.3 is 15.2 Å². The topological polar surface area (TPSA) is 67.8 Å². The molecule has 16 heavy (non-hydrogen) atoms. The van der Waals surface area contributed by atoms with E-state index in [9.17, 15) is 0 Å². The van der Waals surface area contributed by atoms with E-state index in [0.717, 1.165) is 16.5 Å². The fraction of sp³-hybridized carbons (Fsp3) is 0. The summed E-state index contributed by atoms with van der Waals surface area (Å²) in [6.45, 7) is 0. The van der Waals surface area contributed by atoms with Gasteiger partial charge in [0.2, 0.25) is 5.88 Å². The molecule has 3 rings (SSSR count). The maximum Gasteiger partial charge on any atom is 0.230 e. The molecule has 0 aliphatic carbocycles. The van der Waals surface area contributed by atoms with E-state index in [2.05, 4.69) is 10.1 Å². The number of anilines is 1. The van der Waals surface area contributed by atoms with Crippen molar-refractivity contribution in [2.45, 2.75) is 0 Å². The fourth-order valence-corrected chi connectivity index (χ4v) is 2.09. The highest BCUT2D eigenvalue weighted by atomic mass is 35.5. The van der Waals surface area contributed by atoms with Gasteiger partial charge in [-0.15, -0.1) is 0 Å². The van der Waals surface area contributed by atoms with Crippen LogP contribution in [0.15, 0.2) is 35.1 Å². The van der Waals surface area contributed by atoms with E-state index in [1.54, 1.807) is 6.20 Å². The minimum Gasteiger partial charge on any atom is -0.367 e. The van der Waals surface area contributed by atoms with Gasteiger partial charge in [-0.1, -0.05) is 22.8 Å². The van der Waals surface area contributed by atoms with Gasteiger partial charge in [0.15, 0.2) is 0 Å². The molecule has 4 nitrogen and oxygen atoms in total. The Labute approximate surface area is 96.0 Å². The summed E-state index contributed by atoms with van der Waals surface area (Å²) in [6.07, 6.45) is 3.41. The van der Waals surface area contributed by atoms with Crippen molar-refractivity contribution in [2.75, 3.05) is 5.73 Å². The third kappa shape index (κ3) is 1.20. The van der Waals surface area contributed by atoms with Crippen molar-refractivity contribution in [1.82, 2.24) is 10.1 Å². The third-order valence-electron chi connectivity index (χ3n) is 2.56. The van der Waals surface area contributed by atoms with Crippen LogP contribution in [0.4, 0.5) is 5.88 Å². The molecule has 1 aromatic carbocycles. The molecule has 0 atom stereocenters. The molecule has 0 bridgehead atoms. The molecule has 2 aromatic heterocycles. The van der Waals surface area contributed by atoms with E-state index >= 15 is 0 Å². The zero-order valence-corrected chi connectivity index (χ0v) is 8.95. The monoisotopic (exact) mass is 233 g/mol. The smallest absolute Gasteiger partial charge is 0.230 e. The lowest BCUT2D eigenvalue weighted by atomic mass is 10.1. The quantitative estimate of drug-likeness (QED) is 0.679. The van der Waals surface area contributed by atoms with Gasteiger partial charge in [0.25, 0.3) is 0 Å². The molecule has 0 amide bonds. The number of nitrogen functional groups attached to an aromatic ring is 1. The van der Waals surface area contributed by atoms with Gasteiger partial charge in [-0.05, 0) is 12.1 Å². The van der Waals surface area contributed by atoms with Crippen LogP contribution in [0.25, 0.3) is 22.0 Å². The molecular formula is C11H8ClN3O. The van der Waals surface area contributed by atoms with Gasteiger partial charge >= 0.3 is 0 Å². The maximum absolute atomic E-state index is 6.30. The number of nitrogens with two attached hydrogens (primary N) is 1. The van der Waals surface area contributed by atoms with Crippen molar-refractivity contribution in [3.63, 3.8) is 0 Å². The van der Waals surface area contributed by atoms with Crippen LogP contribution < -0.4 is 5.73 Å². The van der Waals surface area contributed by atoms with Gasteiger partial charge in [-0.3, -0.25) is 0 Å². The number of aromatic nitrogens is 2. The van der Waals surface area contributed by atoms with Gasteiger partial charge in [0.05, 0.1) is 16.8 Å². The van der Waals surface area contributed by atoms with Crippen LogP contribution in [0.2, 0.25) is 5.02 Å². The van der Waals surface area contributed by atoms with Crippen molar-refractivity contribution >= 4 is 28.4 Å². The maximum atomic E-state index is 6.30. The number of halogens is 1. The molecule has 2 heterocycles. The summed E-state index contributed by atoms with van der Waals surface area (Å²) in [4.78, 5) is 3.09. The molecule has 80 valence electrons. The first-order valence-electron chi connectivity index (χ1n) is 4.73. The molecule has 0 spiro atoms. The molecule has 0 saturated heterocycles. The zero-order chi connectivity index (χ0) is 11.1. The van der Waals surface area contributed by atoms with E-state index in [1.165, 1.54) is 0 Å². The van der Waals surface area contributed by atoms with E-state index in [4.69, 9.17) is 21.9 Å². The third-order valence-corrected chi connectivity index (χ3v) is 2.96. The molecule has 3 N–H and O–H groups in total. The summed E-state index contributed by atoms with van der Waals surface area (Å²) in [5.41, 5.74) is 8.20. The molecule has 0 radical (unpaired) electrons. The lowest BCUT2D eigenvalue weighted by Crippen LogP contribution is -1.85. The summed E-state index contributed by atoms with van der Waals surface area (Å²) < 4.78 is 4.83. The van der Waals surface area contributed by atoms with Crippen LogP contribution in [-0.4, -0.2) is 10.1 Å². The largest absolute Gasteiger partial charge is 0.367 e. The highest BCUT2D eigenvalue weighted by molar-refractivity contribution is 6.38. The van der Waals surface area contributed by atoms with Gasteiger partial charge in [0, 0.05) is 22.7 Å². The fourth-order valence-electron chi connectivity index (χ4n) is 1.76. The Balaban J connectivity index is 2.32. The van der Waals surface area contributed by atoms with Crippen molar-refractivity contribution in [3.05, 3.63) is 35.6 Å². The molecule has 0 aliphatic heterocycles. The Kier molecular flexibility index (Phi) is 1.91. The average Bonchev–Trinajstić information content (AvgIpc) is 2.88. The summed E-state index contributed by atoms with van der Waals surface area (Å²) in [6, 6.07) is 5.76. The van der Waals surface area contributed by atoms with Crippen molar-refractivity contribution in [1.29, 1.82) is 0 Å². The minimum atomic E-state index is 0.275. The number of rotatable bonds is 1. The van der Waals surface area contributed by atoms with Crippen LogP contribution in [0.3, 0.4) is 0 Å². The number of hydrogen-bond donors (Lipinski definition) is 2. The van der Waals surface area contributed by atoms with Crippen LogP contribution in [0.1, 0.15) is 0 Å². The Bertz CT molecular complexity index is 656. The summed E-state index contributed by atoms with van der Waals surface area (Å²) in [5.74, 6) is 0.275. The molecule has 0 aliphatic rings. The predicted molar refractivity (Wildman–Crippen MR) is 63.2 cm³/mol. The van der Waals surface area contributed by atoms with Crippen LogP contribution >= 0.6 is 11.6 Å².